The lowest BCUT2D eigenvalue weighted by Gasteiger charge is -2.31. The van der Waals surface area contributed by atoms with Gasteiger partial charge in [0.15, 0.2) is 5.60 Å². The number of carbonyl (C=O) groups excluding carboxylic acids is 1. The van der Waals surface area contributed by atoms with Gasteiger partial charge in [-0.3, -0.25) is 15.5 Å². The van der Waals surface area contributed by atoms with E-state index in [9.17, 15) is 19.9 Å². The molecule has 8 heteroatoms. The van der Waals surface area contributed by atoms with E-state index in [0.717, 1.165) is 10.9 Å². The highest BCUT2D eigenvalue weighted by Crippen LogP contribution is 2.39. The molecule has 0 bridgehead atoms. The molecule has 8 nitrogen and oxygen atoms in total. The molecule has 2 aliphatic heterocycles. The largest absolute Gasteiger partial charge is 0.458 e. The van der Waals surface area contributed by atoms with E-state index in [2.05, 4.69) is 10.5 Å². The van der Waals surface area contributed by atoms with Gasteiger partial charge < -0.3 is 14.4 Å². The van der Waals surface area contributed by atoms with Crippen LogP contribution in [0.2, 0.25) is 0 Å². The first-order chi connectivity index (χ1) is 13.5. The minimum Gasteiger partial charge on any atom is -0.458 e. The van der Waals surface area contributed by atoms with Crippen molar-refractivity contribution in [1.82, 2.24) is 9.55 Å². The van der Waals surface area contributed by atoms with E-state index in [-0.39, 0.29) is 18.6 Å². The number of hydrogen-bond donors (Lipinski definition) is 3. The van der Waals surface area contributed by atoms with Gasteiger partial charge in [-0.2, -0.15) is 0 Å². The van der Waals surface area contributed by atoms with E-state index >= 15 is 0 Å². The molecule has 0 aliphatic carbocycles. The van der Waals surface area contributed by atoms with Crippen LogP contribution in [0.25, 0.3) is 22.3 Å². The van der Waals surface area contributed by atoms with Crippen molar-refractivity contribution < 1.29 is 19.8 Å². The number of nitrogens with one attached hydrogen (secondary N) is 1. The average Bonchev–Trinajstić information content (AvgIpc) is 3.07. The molecule has 28 heavy (non-hydrogen) atoms. The SMILES string of the molecule is CC[C@@]1(O)C(=O)OCc2c1cc1n(c2=O)Cc2cc3c(NO)cccc3nc2-1. The molecule has 0 saturated carbocycles. The molecule has 0 radical (unpaired) electrons. The molecule has 1 atom stereocenters. The number of cyclic esters (lactones) is 1. The van der Waals surface area contributed by atoms with Gasteiger partial charge in [-0.05, 0) is 30.7 Å². The zero-order valence-electron chi connectivity index (χ0n) is 15.0. The Morgan fingerprint density at radius 3 is 2.89 bits per heavy atom. The van der Waals surface area contributed by atoms with E-state index in [0.29, 0.717) is 40.3 Å². The smallest absolute Gasteiger partial charge is 0.343 e. The Labute approximate surface area is 159 Å². The molecule has 0 saturated heterocycles. The summed E-state index contributed by atoms with van der Waals surface area (Å²) < 4.78 is 6.65. The number of aromatic nitrogens is 2. The number of esters is 1. The van der Waals surface area contributed by atoms with Crippen LogP contribution in [0.5, 0.6) is 0 Å². The number of nitrogens with zero attached hydrogens (tertiary/aromatic N) is 2. The van der Waals surface area contributed by atoms with Gasteiger partial charge in [0.25, 0.3) is 5.56 Å². The Balaban J connectivity index is 1.79. The highest BCUT2D eigenvalue weighted by atomic mass is 16.6. The number of anilines is 1. The number of hydrogen-bond acceptors (Lipinski definition) is 7. The summed E-state index contributed by atoms with van der Waals surface area (Å²) in [6.45, 7) is 1.84. The van der Waals surface area contributed by atoms with Crippen molar-refractivity contribution in [3.63, 3.8) is 0 Å². The summed E-state index contributed by atoms with van der Waals surface area (Å²) in [6.07, 6.45) is 0.102. The van der Waals surface area contributed by atoms with E-state index in [1.807, 2.05) is 12.1 Å². The molecule has 0 spiro atoms. The third kappa shape index (κ3) is 2.04. The quantitative estimate of drug-likeness (QED) is 0.360. The van der Waals surface area contributed by atoms with Crippen LogP contribution in [0, 0.1) is 0 Å². The van der Waals surface area contributed by atoms with Gasteiger partial charge in [-0.15, -0.1) is 0 Å². The van der Waals surface area contributed by atoms with Crippen LogP contribution in [0.4, 0.5) is 5.69 Å². The number of ether oxygens (including phenoxy) is 1. The number of fused-ring (bicyclic) bond motifs is 5. The molecule has 2 aromatic heterocycles. The second kappa shape index (κ2) is 5.63. The van der Waals surface area contributed by atoms with Gasteiger partial charge in [0.05, 0.1) is 34.7 Å². The molecule has 0 amide bonds. The van der Waals surface area contributed by atoms with E-state index in [1.165, 1.54) is 0 Å². The number of pyridine rings is 2. The third-order valence-electron chi connectivity index (χ3n) is 5.67. The molecular weight excluding hydrogens is 362 g/mol. The summed E-state index contributed by atoms with van der Waals surface area (Å²) >= 11 is 0. The van der Waals surface area contributed by atoms with Crippen molar-refractivity contribution in [2.45, 2.75) is 32.1 Å². The molecule has 142 valence electrons. The van der Waals surface area contributed by atoms with Crippen LogP contribution < -0.4 is 11.0 Å². The van der Waals surface area contributed by atoms with Crippen LogP contribution >= 0.6 is 0 Å². The van der Waals surface area contributed by atoms with Crippen LogP contribution in [0.15, 0.2) is 35.1 Å². The van der Waals surface area contributed by atoms with Crippen molar-refractivity contribution in [2.24, 2.45) is 0 Å². The first-order valence-corrected chi connectivity index (χ1v) is 8.98. The fraction of sp³-hybridized carbons (Fsp3) is 0.250. The number of benzene rings is 1. The first-order valence-electron chi connectivity index (χ1n) is 8.98. The summed E-state index contributed by atoms with van der Waals surface area (Å²) in [6, 6.07) is 8.87. The maximum absolute atomic E-state index is 13.1. The maximum atomic E-state index is 13.1. The van der Waals surface area contributed by atoms with Gasteiger partial charge in [0.2, 0.25) is 0 Å². The minimum atomic E-state index is -1.84. The highest BCUT2D eigenvalue weighted by molar-refractivity contribution is 5.94. The molecule has 0 fully saturated rings. The van der Waals surface area contributed by atoms with Gasteiger partial charge in [0.1, 0.15) is 6.61 Å². The molecule has 5 rings (SSSR count). The Morgan fingerprint density at radius 2 is 2.14 bits per heavy atom. The van der Waals surface area contributed by atoms with E-state index in [4.69, 9.17) is 4.74 Å². The molecule has 0 unspecified atom stereocenters. The maximum Gasteiger partial charge on any atom is 0.343 e. The Morgan fingerprint density at radius 1 is 1.32 bits per heavy atom. The highest BCUT2D eigenvalue weighted by Gasteiger charge is 2.45. The van der Waals surface area contributed by atoms with Crippen molar-refractivity contribution in [1.29, 1.82) is 0 Å². The molecule has 4 heterocycles. The normalized spacial score (nSPS) is 19.8. The van der Waals surface area contributed by atoms with E-state index < -0.39 is 11.6 Å². The second-order valence-electron chi connectivity index (χ2n) is 7.08. The standard InChI is InChI=1S/C20H17N3O5/c1-2-20(26)13-7-16-17-10(6-11-14(21-17)4-3-5-15(11)22-27)8-23(16)18(24)12(13)9-28-19(20)25/h3-7,22,26-27H,2,8-9H2,1H3/t20-/m0/s1. The van der Waals surface area contributed by atoms with Crippen molar-refractivity contribution in [3.05, 3.63) is 57.4 Å². The number of aliphatic hydroxyl groups is 1. The zero-order valence-corrected chi connectivity index (χ0v) is 15.0. The van der Waals surface area contributed by atoms with Crippen LogP contribution in [-0.4, -0.2) is 25.8 Å². The molecule has 3 N–H and O–H groups in total. The Bertz CT molecular complexity index is 1230. The van der Waals surface area contributed by atoms with Crippen LogP contribution in [-0.2, 0) is 28.3 Å². The summed E-state index contributed by atoms with van der Waals surface area (Å²) in [5.41, 5.74) is 3.80. The predicted molar refractivity (Wildman–Crippen MR) is 99.9 cm³/mol. The topological polar surface area (TPSA) is 114 Å². The Kier molecular flexibility index (Phi) is 3.40. The van der Waals surface area contributed by atoms with Crippen molar-refractivity contribution in [3.8, 4) is 11.4 Å². The molecule has 2 aliphatic rings. The van der Waals surface area contributed by atoms with Crippen molar-refractivity contribution in [2.75, 3.05) is 5.48 Å². The second-order valence-corrected chi connectivity index (χ2v) is 7.08. The fourth-order valence-electron chi connectivity index (χ4n) is 4.10. The minimum absolute atomic E-state index is 0.102. The summed E-state index contributed by atoms with van der Waals surface area (Å²) in [5, 5.41) is 20.9. The van der Waals surface area contributed by atoms with Gasteiger partial charge >= 0.3 is 5.97 Å². The van der Waals surface area contributed by atoms with Gasteiger partial charge in [-0.1, -0.05) is 13.0 Å². The summed E-state index contributed by atoms with van der Waals surface area (Å²) in [4.78, 5) is 29.9. The lowest BCUT2D eigenvalue weighted by Crippen LogP contribution is -2.44. The summed E-state index contributed by atoms with van der Waals surface area (Å²) in [5.74, 6) is -0.741. The van der Waals surface area contributed by atoms with Crippen LogP contribution in [0.1, 0.15) is 30.0 Å². The van der Waals surface area contributed by atoms with Crippen molar-refractivity contribution >= 4 is 22.6 Å². The van der Waals surface area contributed by atoms with Gasteiger partial charge in [-0.25, -0.2) is 9.78 Å². The van der Waals surface area contributed by atoms with E-state index in [1.54, 1.807) is 29.7 Å². The first kappa shape index (κ1) is 16.9. The average molecular weight is 379 g/mol. The number of rotatable bonds is 2. The molecule has 1 aromatic carbocycles. The summed E-state index contributed by atoms with van der Waals surface area (Å²) in [7, 11) is 0. The predicted octanol–water partition coefficient (Wildman–Crippen LogP) is 1.88. The lowest BCUT2D eigenvalue weighted by atomic mass is 9.86. The Hall–Kier alpha value is -3.23. The lowest BCUT2D eigenvalue weighted by molar-refractivity contribution is -0.172. The zero-order chi connectivity index (χ0) is 19.6. The third-order valence-corrected chi connectivity index (χ3v) is 5.67. The monoisotopic (exact) mass is 379 g/mol. The van der Waals surface area contributed by atoms with Crippen LogP contribution in [0.3, 0.4) is 0 Å². The van der Waals surface area contributed by atoms with Gasteiger partial charge in [0, 0.05) is 16.5 Å². The fourth-order valence-corrected chi connectivity index (χ4v) is 4.10. The molecule has 3 aromatic rings. The number of carbonyl (C=O) groups is 1. The molecular formula is C20H17N3O5.